The molecule has 0 aliphatic carbocycles. The van der Waals surface area contributed by atoms with Crippen LogP contribution in [-0.2, 0) is 28.4 Å². The van der Waals surface area contributed by atoms with Gasteiger partial charge in [-0.15, -0.1) is 0 Å². The Labute approximate surface area is 167 Å². The van der Waals surface area contributed by atoms with Gasteiger partial charge in [0, 0.05) is 18.5 Å². The lowest BCUT2D eigenvalue weighted by Gasteiger charge is -2.26. The van der Waals surface area contributed by atoms with Crippen molar-refractivity contribution in [3.63, 3.8) is 0 Å². The van der Waals surface area contributed by atoms with E-state index in [1.54, 1.807) is 0 Å². The number of nitrogens with one attached hydrogen (secondary N) is 1. The van der Waals surface area contributed by atoms with Gasteiger partial charge in [-0.25, -0.2) is 13.1 Å². The van der Waals surface area contributed by atoms with Crippen LogP contribution in [0.25, 0.3) is 10.8 Å². The molecule has 28 heavy (non-hydrogen) atoms. The molecule has 0 aliphatic heterocycles. The first-order valence-corrected chi connectivity index (χ1v) is 11.2. The molecule has 0 aliphatic rings. The second-order valence-corrected chi connectivity index (χ2v) is 9.74. The van der Waals surface area contributed by atoms with Crippen LogP contribution in [0.4, 0.5) is 0 Å². The summed E-state index contributed by atoms with van der Waals surface area (Å²) in [5.41, 5.74) is 8.58. The molecule has 3 aromatic carbocycles. The Bertz CT molecular complexity index is 1050. The molecule has 0 aromatic heterocycles. The van der Waals surface area contributed by atoms with Gasteiger partial charge in [0.1, 0.15) is 0 Å². The molecule has 5 heteroatoms. The average Bonchev–Trinajstić information content (AvgIpc) is 2.71. The molecule has 0 unspecified atom stereocenters. The van der Waals surface area contributed by atoms with Gasteiger partial charge in [0.05, 0.1) is 5.75 Å². The first-order chi connectivity index (χ1) is 13.3. The first kappa shape index (κ1) is 20.5. The predicted molar refractivity (Wildman–Crippen MR) is 117 cm³/mol. The van der Waals surface area contributed by atoms with Crippen molar-refractivity contribution in [2.75, 3.05) is 12.3 Å². The maximum absolute atomic E-state index is 12.6. The third-order valence-corrected chi connectivity index (χ3v) is 6.52. The highest BCUT2D eigenvalue weighted by Crippen LogP contribution is 2.24. The number of aryl methyl sites for hydroxylation is 1. The van der Waals surface area contributed by atoms with E-state index in [9.17, 15) is 8.42 Å². The molecule has 0 saturated heterocycles. The van der Waals surface area contributed by atoms with E-state index < -0.39 is 10.0 Å². The molecule has 0 saturated carbocycles. The Morgan fingerprint density at radius 2 is 1.68 bits per heavy atom. The minimum absolute atomic E-state index is 0.0694. The number of benzene rings is 3. The van der Waals surface area contributed by atoms with Crippen LogP contribution in [0.15, 0.2) is 66.7 Å². The van der Waals surface area contributed by atoms with E-state index in [1.807, 2.05) is 80.6 Å². The van der Waals surface area contributed by atoms with Crippen LogP contribution in [0.3, 0.4) is 0 Å². The van der Waals surface area contributed by atoms with Gasteiger partial charge in [-0.05, 0) is 33.9 Å². The number of nitrogens with two attached hydrogens (primary N) is 1. The van der Waals surface area contributed by atoms with Gasteiger partial charge in [-0.1, -0.05) is 80.6 Å². The van der Waals surface area contributed by atoms with Gasteiger partial charge in [0.25, 0.3) is 0 Å². The largest absolute Gasteiger partial charge is 0.326 e. The highest BCUT2D eigenvalue weighted by atomic mass is 32.2. The summed E-state index contributed by atoms with van der Waals surface area (Å²) in [6.45, 7) is 4.89. The van der Waals surface area contributed by atoms with Crippen molar-refractivity contribution < 1.29 is 8.42 Å². The monoisotopic (exact) mass is 396 g/mol. The fourth-order valence-corrected chi connectivity index (χ4v) is 4.55. The molecule has 0 spiro atoms. The van der Waals surface area contributed by atoms with E-state index in [1.165, 1.54) is 0 Å². The summed E-state index contributed by atoms with van der Waals surface area (Å²) < 4.78 is 28.0. The maximum atomic E-state index is 12.6. The van der Waals surface area contributed by atoms with E-state index in [2.05, 4.69) is 4.72 Å². The highest BCUT2D eigenvalue weighted by Gasteiger charge is 2.23. The van der Waals surface area contributed by atoms with Crippen LogP contribution in [0.1, 0.15) is 30.5 Å². The molecule has 0 bridgehead atoms. The number of hydrogen-bond donors (Lipinski definition) is 2. The van der Waals surface area contributed by atoms with Gasteiger partial charge in [0.2, 0.25) is 10.0 Å². The van der Waals surface area contributed by atoms with Crippen LogP contribution in [-0.4, -0.2) is 20.7 Å². The second-order valence-electron chi connectivity index (χ2n) is 7.82. The Morgan fingerprint density at radius 3 is 2.46 bits per heavy atom. The fourth-order valence-electron chi connectivity index (χ4n) is 3.34. The number of rotatable bonds is 8. The van der Waals surface area contributed by atoms with E-state index >= 15 is 0 Å². The zero-order valence-electron chi connectivity index (χ0n) is 16.5. The molecule has 148 valence electrons. The molecule has 0 atom stereocenters. The Kier molecular flexibility index (Phi) is 6.18. The summed E-state index contributed by atoms with van der Waals surface area (Å²) in [4.78, 5) is 0. The van der Waals surface area contributed by atoms with Crippen LogP contribution in [0.5, 0.6) is 0 Å². The lowest BCUT2D eigenvalue weighted by atomic mass is 9.84. The third kappa shape index (κ3) is 4.98. The predicted octanol–water partition coefficient (Wildman–Crippen LogP) is 3.74. The topological polar surface area (TPSA) is 72.2 Å². The number of sulfonamides is 1. The van der Waals surface area contributed by atoms with Crippen LogP contribution in [0.2, 0.25) is 0 Å². The van der Waals surface area contributed by atoms with Gasteiger partial charge >= 0.3 is 0 Å². The normalized spacial score (nSPS) is 12.4. The highest BCUT2D eigenvalue weighted by molar-refractivity contribution is 7.89. The fraction of sp³-hybridized carbons (Fsp3) is 0.304. The third-order valence-electron chi connectivity index (χ3n) is 5.20. The molecular formula is C23H28N2O2S. The standard InChI is InChI=1S/C23H28N2O2S/c1-23(2,21-11-5-7-18(15-21)16-24)17-25-28(26,27)14-13-20-10-6-9-19-8-3-4-12-22(19)20/h3-12,15,25H,13-14,16-17,24H2,1-2H3. The molecule has 0 heterocycles. The minimum Gasteiger partial charge on any atom is -0.326 e. The quantitative estimate of drug-likeness (QED) is 0.609. The van der Waals surface area contributed by atoms with E-state index in [-0.39, 0.29) is 11.2 Å². The number of hydrogen-bond acceptors (Lipinski definition) is 3. The summed E-state index contributed by atoms with van der Waals surface area (Å²) in [6, 6.07) is 22.1. The van der Waals surface area contributed by atoms with Gasteiger partial charge in [-0.2, -0.15) is 0 Å². The van der Waals surface area contributed by atoms with Crippen molar-refractivity contribution in [1.82, 2.24) is 4.72 Å². The summed E-state index contributed by atoms with van der Waals surface area (Å²) in [6.07, 6.45) is 0.486. The zero-order chi connectivity index (χ0) is 20.2. The SMILES string of the molecule is CC(C)(CNS(=O)(=O)CCc1cccc2ccccc12)c1cccc(CN)c1. The second kappa shape index (κ2) is 8.43. The van der Waals surface area contributed by atoms with Crippen molar-refractivity contribution >= 4 is 20.8 Å². The number of fused-ring (bicyclic) bond motifs is 1. The van der Waals surface area contributed by atoms with E-state index in [0.717, 1.165) is 27.5 Å². The van der Waals surface area contributed by atoms with Gasteiger partial charge < -0.3 is 5.73 Å². The summed E-state index contributed by atoms with van der Waals surface area (Å²) >= 11 is 0. The van der Waals surface area contributed by atoms with Crippen molar-refractivity contribution in [3.05, 3.63) is 83.4 Å². The average molecular weight is 397 g/mol. The Morgan fingerprint density at radius 1 is 0.964 bits per heavy atom. The molecule has 4 nitrogen and oxygen atoms in total. The van der Waals surface area contributed by atoms with E-state index in [0.29, 0.717) is 19.5 Å². The summed E-state index contributed by atoms with van der Waals surface area (Å²) in [5, 5.41) is 2.24. The molecule has 3 aromatic rings. The maximum Gasteiger partial charge on any atom is 0.211 e. The first-order valence-electron chi connectivity index (χ1n) is 9.54. The molecule has 0 radical (unpaired) electrons. The van der Waals surface area contributed by atoms with Gasteiger partial charge in [0.15, 0.2) is 0 Å². The van der Waals surface area contributed by atoms with Crippen LogP contribution >= 0.6 is 0 Å². The zero-order valence-corrected chi connectivity index (χ0v) is 17.3. The van der Waals surface area contributed by atoms with Crippen molar-refractivity contribution in [3.8, 4) is 0 Å². The molecule has 3 rings (SSSR count). The summed E-state index contributed by atoms with van der Waals surface area (Å²) in [7, 11) is -3.38. The Hall–Kier alpha value is -2.21. The lowest BCUT2D eigenvalue weighted by molar-refractivity contribution is 0.501. The van der Waals surface area contributed by atoms with Crippen molar-refractivity contribution in [2.45, 2.75) is 32.2 Å². The van der Waals surface area contributed by atoms with E-state index in [4.69, 9.17) is 5.73 Å². The molecule has 3 N–H and O–H groups in total. The van der Waals surface area contributed by atoms with Gasteiger partial charge in [-0.3, -0.25) is 0 Å². The van der Waals surface area contributed by atoms with Crippen molar-refractivity contribution in [1.29, 1.82) is 0 Å². The molecule has 0 amide bonds. The minimum atomic E-state index is -3.38. The van der Waals surface area contributed by atoms with Crippen LogP contribution < -0.4 is 10.5 Å². The van der Waals surface area contributed by atoms with Crippen molar-refractivity contribution in [2.24, 2.45) is 5.73 Å². The lowest BCUT2D eigenvalue weighted by Crippen LogP contribution is -2.38. The Balaban J connectivity index is 1.66. The smallest absolute Gasteiger partial charge is 0.211 e. The molecule has 0 fully saturated rings. The summed E-state index contributed by atoms with van der Waals surface area (Å²) in [5.74, 6) is 0.0694. The molecular weight excluding hydrogens is 368 g/mol. The van der Waals surface area contributed by atoms with Crippen LogP contribution in [0, 0.1) is 0 Å².